The second kappa shape index (κ2) is 3.53. The van der Waals surface area contributed by atoms with Crippen LogP contribution < -0.4 is 0 Å². The van der Waals surface area contributed by atoms with Crippen LogP contribution in [0.5, 0.6) is 0 Å². The van der Waals surface area contributed by atoms with Gasteiger partial charge in [0.15, 0.2) is 4.77 Å². The topological polar surface area (TPSA) is 33.6 Å². The molecule has 0 aromatic carbocycles. The van der Waals surface area contributed by atoms with Gasteiger partial charge in [-0.2, -0.15) is 13.9 Å². The molecule has 1 N–H and O–H groups in total. The Labute approximate surface area is 79.8 Å². The molecule has 0 radical (unpaired) electrons. The molecular weight excluding hydrogens is 196 g/mol. The Morgan fingerprint density at radius 1 is 1.54 bits per heavy atom. The molecule has 0 unspecified atom stereocenters. The fourth-order valence-corrected chi connectivity index (χ4v) is 1.31. The highest BCUT2D eigenvalue weighted by atomic mass is 32.1. The van der Waals surface area contributed by atoms with Crippen molar-refractivity contribution in [3.63, 3.8) is 0 Å². The van der Waals surface area contributed by atoms with E-state index in [2.05, 4.69) is 10.2 Å². The summed E-state index contributed by atoms with van der Waals surface area (Å²) in [5.74, 6) is -3.17. The number of rotatable bonds is 3. The lowest BCUT2D eigenvalue weighted by Gasteiger charge is -2.13. The predicted octanol–water partition coefficient (Wildman–Crippen LogP) is 2.46. The van der Waals surface area contributed by atoms with Crippen molar-refractivity contribution in [2.75, 3.05) is 0 Å². The van der Waals surface area contributed by atoms with Gasteiger partial charge in [-0.3, -0.25) is 9.67 Å². The van der Waals surface area contributed by atoms with Gasteiger partial charge in [0.05, 0.1) is 0 Å². The normalized spacial score (nSPS) is 12.0. The Kier molecular flexibility index (Phi) is 2.80. The maximum absolute atomic E-state index is 13.2. The molecule has 13 heavy (non-hydrogen) atoms. The minimum Gasteiger partial charge on any atom is -0.299 e. The van der Waals surface area contributed by atoms with Crippen LogP contribution in [0.3, 0.4) is 0 Å². The molecule has 0 amide bonds. The van der Waals surface area contributed by atoms with Crippen molar-refractivity contribution in [3.8, 4) is 0 Å². The van der Waals surface area contributed by atoms with Gasteiger partial charge in [0.2, 0.25) is 5.82 Å². The zero-order valence-corrected chi connectivity index (χ0v) is 8.29. The molecule has 1 heterocycles. The van der Waals surface area contributed by atoms with Gasteiger partial charge >= 0.3 is 5.92 Å². The molecule has 1 aromatic heterocycles. The van der Waals surface area contributed by atoms with Crippen LogP contribution in [0.15, 0.2) is 0 Å². The monoisotopic (exact) mass is 207 g/mol. The molecule has 0 aliphatic rings. The van der Waals surface area contributed by atoms with Crippen LogP contribution >= 0.6 is 12.2 Å². The summed E-state index contributed by atoms with van der Waals surface area (Å²) >= 11 is 4.80. The van der Waals surface area contributed by atoms with E-state index in [1.165, 1.54) is 11.5 Å². The first-order valence-electron chi connectivity index (χ1n) is 4.06. The Hall–Kier alpha value is -0.780. The van der Waals surface area contributed by atoms with Crippen LogP contribution in [0.2, 0.25) is 0 Å². The Morgan fingerprint density at radius 3 is 2.62 bits per heavy atom. The fraction of sp³-hybridized carbons (Fsp3) is 0.714. The summed E-state index contributed by atoms with van der Waals surface area (Å²) in [5.41, 5.74) is 0. The Balaban J connectivity index is 3.22. The largest absolute Gasteiger partial charge is 0.306 e. The number of hydrogen-bond acceptors (Lipinski definition) is 2. The average molecular weight is 207 g/mol. The molecular formula is C7H11F2N3S. The zero-order chi connectivity index (χ0) is 10.1. The summed E-state index contributed by atoms with van der Waals surface area (Å²) in [6, 6.07) is 0. The summed E-state index contributed by atoms with van der Waals surface area (Å²) in [4.78, 5) is 0. The second-order valence-corrected chi connectivity index (χ2v) is 3.04. The van der Waals surface area contributed by atoms with Crippen LogP contribution in [0.4, 0.5) is 8.78 Å². The lowest BCUT2D eigenvalue weighted by Crippen LogP contribution is -2.18. The molecule has 0 saturated carbocycles. The van der Waals surface area contributed by atoms with E-state index >= 15 is 0 Å². The van der Waals surface area contributed by atoms with E-state index in [0.29, 0.717) is 6.54 Å². The Morgan fingerprint density at radius 2 is 2.15 bits per heavy atom. The first kappa shape index (κ1) is 10.3. The highest BCUT2D eigenvalue weighted by Gasteiger charge is 2.34. The quantitative estimate of drug-likeness (QED) is 0.772. The van der Waals surface area contributed by atoms with E-state index in [1.54, 1.807) is 6.92 Å². The molecule has 1 aromatic rings. The third-order valence-electron chi connectivity index (χ3n) is 1.85. The first-order valence-corrected chi connectivity index (χ1v) is 4.47. The molecule has 0 saturated heterocycles. The third-order valence-corrected chi connectivity index (χ3v) is 2.16. The van der Waals surface area contributed by atoms with Crippen molar-refractivity contribution in [2.24, 2.45) is 0 Å². The van der Waals surface area contributed by atoms with Crippen molar-refractivity contribution >= 4 is 12.2 Å². The highest BCUT2D eigenvalue weighted by Crippen LogP contribution is 2.29. The van der Waals surface area contributed by atoms with E-state index < -0.39 is 5.92 Å². The second-order valence-electron chi connectivity index (χ2n) is 2.65. The summed E-state index contributed by atoms with van der Waals surface area (Å²) in [6.07, 6.45) is -0.271. The maximum atomic E-state index is 13.2. The summed E-state index contributed by atoms with van der Waals surface area (Å²) in [7, 11) is 0. The van der Waals surface area contributed by atoms with E-state index in [4.69, 9.17) is 12.2 Å². The number of nitrogens with one attached hydrogen (secondary N) is 1. The predicted molar refractivity (Wildman–Crippen MR) is 47.3 cm³/mol. The molecule has 0 aliphatic carbocycles. The van der Waals surface area contributed by atoms with Crippen molar-refractivity contribution < 1.29 is 8.78 Å². The number of nitrogens with zero attached hydrogens (tertiary/aromatic N) is 2. The van der Waals surface area contributed by atoms with Crippen LogP contribution in [-0.2, 0) is 12.5 Å². The Bertz CT molecular complexity index is 342. The highest BCUT2D eigenvalue weighted by molar-refractivity contribution is 7.71. The maximum Gasteiger partial charge on any atom is 0.306 e. The van der Waals surface area contributed by atoms with Gasteiger partial charge in [-0.1, -0.05) is 6.92 Å². The number of H-pyrrole nitrogens is 1. The molecule has 0 spiro atoms. The van der Waals surface area contributed by atoms with Crippen molar-refractivity contribution in [2.45, 2.75) is 32.7 Å². The minimum absolute atomic E-state index is 0.241. The van der Waals surface area contributed by atoms with Gasteiger partial charge in [0.25, 0.3) is 0 Å². The molecule has 6 heteroatoms. The SMILES string of the molecule is CCn1c(C(F)(F)CC)n[nH]c1=S. The van der Waals surface area contributed by atoms with Gasteiger partial charge in [0.1, 0.15) is 0 Å². The number of aromatic amines is 1. The van der Waals surface area contributed by atoms with E-state index in [0.717, 1.165) is 0 Å². The van der Waals surface area contributed by atoms with Gasteiger partial charge in [-0.25, -0.2) is 0 Å². The van der Waals surface area contributed by atoms with Gasteiger partial charge in [-0.05, 0) is 19.1 Å². The molecule has 0 aliphatic heterocycles. The van der Waals surface area contributed by atoms with E-state index in [9.17, 15) is 8.78 Å². The molecule has 1 rings (SSSR count). The fourth-order valence-electron chi connectivity index (χ4n) is 1.05. The summed E-state index contributed by atoms with van der Waals surface area (Å²) < 4.78 is 27.9. The number of alkyl halides is 2. The van der Waals surface area contributed by atoms with Crippen LogP contribution in [-0.4, -0.2) is 14.8 Å². The van der Waals surface area contributed by atoms with Gasteiger partial charge < -0.3 is 0 Å². The van der Waals surface area contributed by atoms with Crippen molar-refractivity contribution in [1.82, 2.24) is 14.8 Å². The molecule has 3 nitrogen and oxygen atoms in total. The summed E-state index contributed by atoms with van der Waals surface area (Å²) in [6.45, 7) is 3.57. The molecule has 0 bridgehead atoms. The summed E-state index contributed by atoms with van der Waals surface area (Å²) in [5, 5.41) is 5.89. The van der Waals surface area contributed by atoms with Gasteiger partial charge in [-0.15, -0.1) is 0 Å². The number of hydrogen-bond donors (Lipinski definition) is 1. The zero-order valence-electron chi connectivity index (χ0n) is 7.47. The number of aromatic nitrogens is 3. The van der Waals surface area contributed by atoms with Gasteiger partial charge in [0, 0.05) is 13.0 Å². The van der Waals surface area contributed by atoms with Crippen LogP contribution in [0.25, 0.3) is 0 Å². The average Bonchev–Trinajstić information content (AvgIpc) is 2.47. The van der Waals surface area contributed by atoms with Crippen LogP contribution in [0.1, 0.15) is 26.1 Å². The molecule has 0 atom stereocenters. The third kappa shape index (κ3) is 1.77. The van der Waals surface area contributed by atoms with E-state index in [1.807, 2.05) is 0 Å². The van der Waals surface area contributed by atoms with Crippen LogP contribution in [0, 0.1) is 4.77 Å². The van der Waals surface area contributed by atoms with Crippen molar-refractivity contribution in [3.05, 3.63) is 10.6 Å². The lowest BCUT2D eigenvalue weighted by molar-refractivity contribution is -0.0212. The molecule has 0 fully saturated rings. The standard InChI is InChI=1S/C7H11F2N3S/c1-3-7(8,9)5-10-11-6(13)12(5)4-2/h3-4H2,1-2H3,(H,11,13). The number of halogens is 2. The minimum atomic E-state index is -2.90. The van der Waals surface area contributed by atoms with E-state index in [-0.39, 0.29) is 17.0 Å². The lowest BCUT2D eigenvalue weighted by atomic mass is 10.2. The first-order chi connectivity index (χ1) is 6.03. The van der Waals surface area contributed by atoms with Crippen molar-refractivity contribution in [1.29, 1.82) is 0 Å². The molecule has 74 valence electrons. The smallest absolute Gasteiger partial charge is 0.299 e.